The number of hydrogen-bond donors (Lipinski definition) is 1. The Balaban J connectivity index is 2.23. The molecule has 1 aromatic carbocycles. The Labute approximate surface area is 134 Å². The van der Waals surface area contributed by atoms with E-state index in [1.807, 2.05) is 41.8 Å². The maximum absolute atomic E-state index is 11.5. The molecule has 0 unspecified atom stereocenters. The number of thiophene rings is 1. The van der Waals surface area contributed by atoms with E-state index in [1.54, 1.807) is 6.08 Å². The van der Waals surface area contributed by atoms with Crippen LogP contribution in [0.15, 0.2) is 41.8 Å². The van der Waals surface area contributed by atoms with Crippen LogP contribution in [0.3, 0.4) is 0 Å². The summed E-state index contributed by atoms with van der Waals surface area (Å²) in [6.07, 6.45) is 4.97. The van der Waals surface area contributed by atoms with Crippen molar-refractivity contribution in [3.8, 4) is 5.75 Å². The van der Waals surface area contributed by atoms with Crippen molar-refractivity contribution in [2.45, 2.75) is 26.2 Å². The van der Waals surface area contributed by atoms with Crippen LogP contribution in [0.4, 0.5) is 0 Å². The van der Waals surface area contributed by atoms with Crippen LogP contribution < -0.4 is 4.74 Å². The highest BCUT2D eigenvalue weighted by molar-refractivity contribution is 7.11. The van der Waals surface area contributed by atoms with Gasteiger partial charge < -0.3 is 9.84 Å². The first kappa shape index (κ1) is 16.3. The number of benzene rings is 1. The van der Waals surface area contributed by atoms with Gasteiger partial charge in [0, 0.05) is 10.4 Å². The standard InChI is InChI=1S/C18H20O3S/c1-2-3-6-11-21-16-9-5-4-8-14(16)13-15(18(19)20)17-10-7-12-22-17/h4-5,7-10,12-13H,2-3,6,11H2,1H3,(H,19,20)/b15-13-. The van der Waals surface area contributed by atoms with Gasteiger partial charge in [0.05, 0.1) is 12.2 Å². The number of aliphatic carboxylic acids is 1. The molecule has 0 radical (unpaired) electrons. The molecule has 0 saturated heterocycles. The van der Waals surface area contributed by atoms with E-state index in [4.69, 9.17) is 4.74 Å². The maximum Gasteiger partial charge on any atom is 0.337 e. The second-order valence-electron chi connectivity index (χ2n) is 4.93. The zero-order valence-corrected chi connectivity index (χ0v) is 13.4. The van der Waals surface area contributed by atoms with Crippen LogP contribution in [0.25, 0.3) is 11.6 Å². The average molecular weight is 316 g/mol. The van der Waals surface area contributed by atoms with Gasteiger partial charge in [-0.25, -0.2) is 4.79 Å². The fourth-order valence-electron chi connectivity index (χ4n) is 2.09. The molecule has 1 aromatic heterocycles. The average Bonchev–Trinajstić information content (AvgIpc) is 3.04. The third kappa shape index (κ3) is 4.46. The second-order valence-corrected chi connectivity index (χ2v) is 5.88. The first-order valence-electron chi connectivity index (χ1n) is 7.43. The van der Waals surface area contributed by atoms with E-state index in [0.29, 0.717) is 12.2 Å². The first-order valence-corrected chi connectivity index (χ1v) is 8.31. The third-order valence-electron chi connectivity index (χ3n) is 3.24. The van der Waals surface area contributed by atoms with Crippen molar-refractivity contribution in [2.24, 2.45) is 0 Å². The number of carboxylic acid groups (broad SMARTS) is 1. The van der Waals surface area contributed by atoms with E-state index in [1.165, 1.54) is 11.3 Å². The van der Waals surface area contributed by atoms with Crippen LogP contribution >= 0.6 is 11.3 Å². The van der Waals surface area contributed by atoms with Crippen molar-refractivity contribution in [3.63, 3.8) is 0 Å². The van der Waals surface area contributed by atoms with E-state index in [2.05, 4.69) is 6.92 Å². The quantitative estimate of drug-likeness (QED) is 0.554. The molecule has 22 heavy (non-hydrogen) atoms. The summed E-state index contributed by atoms with van der Waals surface area (Å²) in [5, 5.41) is 11.3. The molecule has 0 aliphatic heterocycles. The molecule has 0 aliphatic carbocycles. The van der Waals surface area contributed by atoms with Gasteiger partial charge in [-0.1, -0.05) is 44.0 Å². The largest absolute Gasteiger partial charge is 0.493 e. The highest BCUT2D eigenvalue weighted by atomic mass is 32.1. The minimum atomic E-state index is -0.928. The Morgan fingerprint density at radius 2 is 2.05 bits per heavy atom. The number of rotatable bonds is 8. The Kier molecular flexibility index (Phi) is 6.22. The summed E-state index contributed by atoms with van der Waals surface area (Å²) in [5.74, 6) is -0.197. The maximum atomic E-state index is 11.5. The zero-order chi connectivity index (χ0) is 15.8. The summed E-state index contributed by atoms with van der Waals surface area (Å²) in [7, 11) is 0. The number of para-hydroxylation sites is 1. The molecule has 116 valence electrons. The molecular weight excluding hydrogens is 296 g/mol. The predicted molar refractivity (Wildman–Crippen MR) is 91.3 cm³/mol. The molecule has 2 rings (SSSR count). The van der Waals surface area contributed by atoms with Gasteiger partial charge in [-0.2, -0.15) is 0 Å². The summed E-state index contributed by atoms with van der Waals surface area (Å²) in [4.78, 5) is 12.3. The van der Waals surface area contributed by atoms with Crippen LogP contribution in [0.1, 0.15) is 36.6 Å². The number of carbonyl (C=O) groups is 1. The molecule has 0 atom stereocenters. The zero-order valence-electron chi connectivity index (χ0n) is 12.6. The van der Waals surface area contributed by atoms with Crippen molar-refractivity contribution in [3.05, 3.63) is 52.2 Å². The first-order chi connectivity index (χ1) is 10.7. The smallest absolute Gasteiger partial charge is 0.337 e. The summed E-state index contributed by atoms with van der Waals surface area (Å²) < 4.78 is 5.80. The van der Waals surface area contributed by atoms with Crippen molar-refractivity contribution >= 4 is 29.0 Å². The van der Waals surface area contributed by atoms with Gasteiger partial charge in [-0.15, -0.1) is 11.3 Å². The highest BCUT2D eigenvalue weighted by Crippen LogP contribution is 2.27. The van der Waals surface area contributed by atoms with Crippen LogP contribution in [0, 0.1) is 0 Å². The van der Waals surface area contributed by atoms with Crippen LogP contribution in [-0.4, -0.2) is 17.7 Å². The number of carboxylic acids is 1. The topological polar surface area (TPSA) is 46.5 Å². The van der Waals surface area contributed by atoms with Gasteiger partial charge in [0.1, 0.15) is 5.75 Å². The van der Waals surface area contributed by atoms with Gasteiger partial charge >= 0.3 is 5.97 Å². The van der Waals surface area contributed by atoms with E-state index in [9.17, 15) is 9.90 Å². The van der Waals surface area contributed by atoms with Crippen molar-refractivity contribution in [1.82, 2.24) is 0 Å². The fraction of sp³-hybridized carbons (Fsp3) is 0.278. The van der Waals surface area contributed by atoms with Crippen molar-refractivity contribution in [2.75, 3.05) is 6.61 Å². The summed E-state index contributed by atoms with van der Waals surface area (Å²) in [5.41, 5.74) is 1.09. The van der Waals surface area contributed by atoms with Crippen molar-refractivity contribution in [1.29, 1.82) is 0 Å². The molecule has 0 bridgehead atoms. The molecule has 1 heterocycles. The lowest BCUT2D eigenvalue weighted by Gasteiger charge is -2.09. The van der Waals surface area contributed by atoms with Crippen LogP contribution in [-0.2, 0) is 4.79 Å². The molecule has 0 saturated carbocycles. The van der Waals surface area contributed by atoms with Gasteiger partial charge in [0.25, 0.3) is 0 Å². The van der Waals surface area contributed by atoms with E-state index in [0.717, 1.165) is 35.5 Å². The molecule has 0 aliphatic rings. The Hall–Kier alpha value is -2.07. The number of hydrogen-bond acceptors (Lipinski definition) is 3. The summed E-state index contributed by atoms with van der Waals surface area (Å²) >= 11 is 1.42. The van der Waals surface area contributed by atoms with Gasteiger partial charge in [0.15, 0.2) is 0 Å². The third-order valence-corrected chi connectivity index (χ3v) is 4.14. The summed E-state index contributed by atoms with van der Waals surface area (Å²) in [6, 6.07) is 11.2. The molecule has 0 amide bonds. The molecule has 4 heteroatoms. The molecule has 2 aromatic rings. The van der Waals surface area contributed by atoms with E-state index in [-0.39, 0.29) is 0 Å². The minimum absolute atomic E-state index is 0.291. The molecule has 1 N–H and O–H groups in total. The monoisotopic (exact) mass is 316 g/mol. The van der Waals surface area contributed by atoms with Crippen LogP contribution in [0.5, 0.6) is 5.75 Å². The minimum Gasteiger partial charge on any atom is -0.493 e. The van der Waals surface area contributed by atoms with Crippen LogP contribution in [0.2, 0.25) is 0 Å². The SMILES string of the molecule is CCCCCOc1ccccc1/C=C(\C(=O)O)c1cccs1. The van der Waals surface area contributed by atoms with E-state index >= 15 is 0 Å². The van der Waals surface area contributed by atoms with Gasteiger partial charge in [0.2, 0.25) is 0 Å². The highest BCUT2D eigenvalue weighted by Gasteiger charge is 2.12. The molecule has 3 nitrogen and oxygen atoms in total. The lowest BCUT2D eigenvalue weighted by Crippen LogP contribution is -2.00. The van der Waals surface area contributed by atoms with Crippen molar-refractivity contribution < 1.29 is 14.6 Å². The molecular formula is C18H20O3S. The lowest BCUT2D eigenvalue weighted by atomic mass is 10.1. The fourth-order valence-corrected chi connectivity index (χ4v) is 2.83. The Bertz CT molecular complexity index is 630. The Morgan fingerprint density at radius 1 is 1.23 bits per heavy atom. The second kappa shape index (κ2) is 8.39. The number of unbranched alkanes of at least 4 members (excludes halogenated alkanes) is 2. The van der Waals surface area contributed by atoms with E-state index < -0.39 is 5.97 Å². The number of ether oxygens (including phenoxy) is 1. The summed E-state index contributed by atoms with van der Waals surface area (Å²) in [6.45, 7) is 2.80. The molecule has 0 fully saturated rings. The van der Waals surface area contributed by atoms with Gasteiger partial charge in [-0.3, -0.25) is 0 Å². The lowest BCUT2D eigenvalue weighted by molar-refractivity contribution is -0.130. The molecule has 0 spiro atoms. The Morgan fingerprint density at radius 3 is 2.73 bits per heavy atom. The normalized spacial score (nSPS) is 11.4. The predicted octanol–water partition coefficient (Wildman–Crippen LogP) is 4.94. The van der Waals surface area contributed by atoms with Gasteiger partial charge in [-0.05, 0) is 30.0 Å².